The van der Waals surface area contributed by atoms with E-state index in [0.717, 1.165) is 37.7 Å². The summed E-state index contributed by atoms with van der Waals surface area (Å²) in [4.78, 5) is 24.7. The highest BCUT2D eigenvalue weighted by Crippen LogP contribution is 2.37. The van der Waals surface area contributed by atoms with Gasteiger partial charge in [0.1, 0.15) is 11.1 Å². The Morgan fingerprint density at radius 1 is 1.35 bits per heavy atom. The Morgan fingerprint density at radius 2 is 2.09 bits per heavy atom. The van der Waals surface area contributed by atoms with Crippen LogP contribution < -0.4 is 5.32 Å². The molecule has 0 fully saturated rings. The number of carbonyl (C=O) groups is 2. The number of rotatable bonds is 6. The second-order valence-electron chi connectivity index (χ2n) is 6.17. The molecule has 0 unspecified atom stereocenters. The molecule has 124 valence electrons. The van der Waals surface area contributed by atoms with E-state index in [9.17, 15) is 14.9 Å². The van der Waals surface area contributed by atoms with E-state index in [1.807, 2.05) is 13.8 Å². The number of esters is 1. The van der Waals surface area contributed by atoms with Crippen molar-refractivity contribution >= 4 is 28.2 Å². The van der Waals surface area contributed by atoms with Gasteiger partial charge < -0.3 is 10.1 Å². The summed E-state index contributed by atoms with van der Waals surface area (Å²) in [5, 5.41) is 12.6. The van der Waals surface area contributed by atoms with Crippen LogP contribution in [0, 0.1) is 17.2 Å². The molecule has 1 N–H and O–H groups in total. The lowest BCUT2D eigenvalue weighted by Gasteiger charge is -2.09. The predicted octanol–water partition coefficient (Wildman–Crippen LogP) is 3.42. The van der Waals surface area contributed by atoms with Gasteiger partial charge in [0.15, 0.2) is 6.61 Å². The zero-order valence-corrected chi connectivity index (χ0v) is 14.4. The van der Waals surface area contributed by atoms with Gasteiger partial charge in [0, 0.05) is 11.3 Å². The molecule has 0 atom stereocenters. The lowest BCUT2D eigenvalue weighted by atomic mass is 9.96. The van der Waals surface area contributed by atoms with Gasteiger partial charge in [-0.3, -0.25) is 9.59 Å². The zero-order valence-electron chi connectivity index (χ0n) is 13.6. The first-order valence-electron chi connectivity index (χ1n) is 8.01. The van der Waals surface area contributed by atoms with Crippen LogP contribution in [0.5, 0.6) is 0 Å². The van der Waals surface area contributed by atoms with E-state index in [1.54, 1.807) is 0 Å². The Hall–Kier alpha value is -1.87. The molecule has 0 saturated heterocycles. The highest BCUT2D eigenvalue weighted by molar-refractivity contribution is 7.16. The van der Waals surface area contributed by atoms with Crippen LogP contribution in [0.4, 0.5) is 5.00 Å². The first kappa shape index (κ1) is 17.5. The molecule has 0 aromatic carbocycles. The average molecular weight is 334 g/mol. The molecule has 1 aliphatic carbocycles. The molecule has 1 aromatic rings. The van der Waals surface area contributed by atoms with E-state index < -0.39 is 5.91 Å². The van der Waals surface area contributed by atoms with Crippen molar-refractivity contribution in [1.29, 1.82) is 5.26 Å². The summed E-state index contributed by atoms with van der Waals surface area (Å²) in [5.41, 5.74) is 1.65. The molecule has 2 rings (SSSR count). The first-order chi connectivity index (χ1) is 11.0. The van der Waals surface area contributed by atoms with Gasteiger partial charge in [-0.05, 0) is 43.6 Å². The zero-order chi connectivity index (χ0) is 16.8. The van der Waals surface area contributed by atoms with Gasteiger partial charge >= 0.3 is 5.97 Å². The predicted molar refractivity (Wildman–Crippen MR) is 89.3 cm³/mol. The number of hydrogen-bond donors (Lipinski definition) is 1. The van der Waals surface area contributed by atoms with Crippen molar-refractivity contribution in [3.63, 3.8) is 0 Å². The van der Waals surface area contributed by atoms with Crippen molar-refractivity contribution in [2.24, 2.45) is 5.92 Å². The Labute approximate surface area is 140 Å². The second-order valence-corrected chi connectivity index (χ2v) is 7.27. The molecule has 1 aromatic heterocycles. The number of nitriles is 1. The van der Waals surface area contributed by atoms with Gasteiger partial charge in [-0.25, -0.2) is 0 Å². The number of amides is 1. The van der Waals surface area contributed by atoms with Gasteiger partial charge in [-0.1, -0.05) is 13.8 Å². The Morgan fingerprint density at radius 3 is 2.78 bits per heavy atom. The number of nitrogens with one attached hydrogen (secondary N) is 1. The molecule has 0 spiro atoms. The molecular formula is C17H22N2O3S. The van der Waals surface area contributed by atoms with Crippen LogP contribution >= 0.6 is 11.3 Å². The molecule has 1 heterocycles. The third kappa shape index (κ3) is 4.80. The van der Waals surface area contributed by atoms with E-state index in [-0.39, 0.29) is 12.6 Å². The summed E-state index contributed by atoms with van der Waals surface area (Å²) >= 11 is 1.47. The molecule has 5 nitrogen and oxygen atoms in total. The van der Waals surface area contributed by atoms with Crippen molar-refractivity contribution in [2.45, 2.75) is 52.4 Å². The van der Waals surface area contributed by atoms with E-state index >= 15 is 0 Å². The van der Waals surface area contributed by atoms with Crippen LogP contribution in [0.2, 0.25) is 0 Å². The van der Waals surface area contributed by atoms with Crippen LogP contribution in [0.3, 0.4) is 0 Å². The maximum absolute atomic E-state index is 11.9. The molecule has 0 saturated carbocycles. The van der Waals surface area contributed by atoms with Gasteiger partial charge in [-0.15, -0.1) is 11.3 Å². The quantitative estimate of drug-likeness (QED) is 0.809. The number of aryl methyl sites for hydroxylation is 1. The minimum Gasteiger partial charge on any atom is -0.456 e. The van der Waals surface area contributed by atoms with Gasteiger partial charge in [0.2, 0.25) is 0 Å². The number of anilines is 1. The van der Waals surface area contributed by atoms with E-state index in [4.69, 9.17) is 4.74 Å². The average Bonchev–Trinajstić information content (AvgIpc) is 2.87. The fraction of sp³-hybridized carbons (Fsp3) is 0.588. The van der Waals surface area contributed by atoms with Crippen molar-refractivity contribution in [2.75, 3.05) is 11.9 Å². The molecule has 0 bridgehead atoms. The largest absolute Gasteiger partial charge is 0.456 e. The minimum absolute atomic E-state index is 0.301. The summed E-state index contributed by atoms with van der Waals surface area (Å²) < 4.78 is 4.97. The lowest BCUT2D eigenvalue weighted by Crippen LogP contribution is -2.21. The summed E-state index contributed by atoms with van der Waals surface area (Å²) in [6.07, 6.45) is 5.14. The van der Waals surface area contributed by atoms with Crippen molar-refractivity contribution in [3.8, 4) is 6.07 Å². The number of fused-ring (bicyclic) bond motifs is 1. The summed E-state index contributed by atoms with van der Waals surface area (Å²) in [6.45, 7) is 3.76. The van der Waals surface area contributed by atoms with Crippen LogP contribution in [0.1, 0.15) is 55.5 Å². The first-order valence-corrected chi connectivity index (χ1v) is 8.83. The molecule has 6 heteroatoms. The third-order valence-corrected chi connectivity index (χ3v) is 5.03. The highest BCUT2D eigenvalue weighted by Gasteiger charge is 2.22. The number of nitrogens with zero attached hydrogens (tertiary/aromatic N) is 1. The standard InChI is InChI=1S/C17H22N2O3S/c1-11(2)7-8-16(21)22-10-15(20)19-17-13(9-18)12-5-3-4-6-14(12)23-17/h11H,3-8,10H2,1-2H3,(H,19,20). The maximum atomic E-state index is 11.9. The van der Waals surface area contributed by atoms with Crippen LogP contribution in [-0.4, -0.2) is 18.5 Å². The van der Waals surface area contributed by atoms with E-state index in [1.165, 1.54) is 16.2 Å². The second kappa shape index (κ2) is 8.11. The monoisotopic (exact) mass is 334 g/mol. The van der Waals surface area contributed by atoms with Crippen molar-refractivity contribution < 1.29 is 14.3 Å². The van der Waals surface area contributed by atoms with Crippen LogP contribution in [0.15, 0.2) is 0 Å². The maximum Gasteiger partial charge on any atom is 0.306 e. The van der Waals surface area contributed by atoms with Gasteiger partial charge in [-0.2, -0.15) is 5.26 Å². The summed E-state index contributed by atoms with van der Waals surface area (Å²) in [7, 11) is 0. The highest BCUT2D eigenvalue weighted by atomic mass is 32.1. The number of ether oxygens (including phenoxy) is 1. The van der Waals surface area contributed by atoms with Crippen molar-refractivity contribution in [3.05, 3.63) is 16.0 Å². The fourth-order valence-electron chi connectivity index (χ4n) is 2.56. The van der Waals surface area contributed by atoms with Gasteiger partial charge in [0.25, 0.3) is 5.91 Å². The number of thiophene rings is 1. The van der Waals surface area contributed by atoms with E-state index in [2.05, 4.69) is 11.4 Å². The molecule has 0 aliphatic heterocycles. The smallest absolute Gasteiger partial charge is 0.306 e. The summed E-state index contributed by atoms with van der Waals surface area (Å²) in [6, 6.07) is 2.19. The Kier molecular flexibility index (Phi) is 6.17. The SMILES string of the molecule is CC(C)CCC(=O)OCC(=O)Nc1sc2c(c1C#N)CCCC2. The van der Waals surface area contributed by atoms with Crippen LogP contribution in [0.25, 0.3) is 0 Å². The molecule has 0 radical (unpaired) electrons. The van der Waals surface area contributed by atoms with E-state index in [0.29, 0.717) is 22.9 Å². The molecule has 1 amide bonds. The van der Waals surface area contributed by atoms with Crippen LogP contribution in [-0.2, 0) is 27.2 Å². The molecular weight excluding hydrogens is 312 g/mol. The van der Waals surface area contributed by atoms with Gasteiger partial charge in [0.05, 0.1) is 5.56 Å². The normalized spacial score (nSPS) is 13.3. The Bertz CT molecular complexity index is 629. The minimum atomic E-state index is -0.391. The fourth-order valence-corrected chi connectivity index (χ4v) is 3.82. The third-order valence-electron chi connectivity index (χ3n) is 3.83. The topological polar surface area (TPSA) is 79.2 Å². The Balaban J connectivity index is 1.90. The lowest BCUT2D eigenvalue weighted by molar-refractivity contribution is -0.147. The number of carbonyl (C=O) groups excluding carboxylic acids is 2. The number of hydrogen-bond acceptors (Lipinski definition) is 5. The molecule has 23 heavy (non-hydrogen) atoms. The molecule has 1 aliphatic rings. The van der Waals surface area contributed by atoms with Crippen molar-refractivity contribution in [1.82, 2.24) is 0 Å². The summed E-state index contributed by atoms with van der Waals surface area (Å²) in [5.74, 6) is -0.329.